The average Bonchev–Trinajstić information content (AvgIpc) is 2.66. The molecule has 17 heavy (non-hydrogen) atoms. The summed E-state index contributed by atoms with van der Waals surface area (Å²) in [5.74, 6) is 1.70. The van der Waals surface area contributed by atoms with Crippen molar-refractivity contribution in [2.75, 3.05) is 18.0 Å². The van der Waals surface area contributed by atoms with Gasteiger partial charge in [-0.05, 0) is 19.1 Å². The molecule has 0 saturated heterocycles. The van der Waals surface area contributed by atoms with E-state index in [4.69, 9.17) is 18.0 Å². The van der Waals surface area contributed by atoms with Gasteiger partial charge in [0, 0.05) is 24.9 Å². The third kappa shape index (κ3) is 3.34. The number of fused-ring (bicyclic) bond motifs is 1. The van der Waals surface area contributed by atoms with Crippen molar-refractivity contribution in [3.63, 3.8) is 0 Å². The minimum absolute atomic E-state index is 0. The predicted molar refractivity (Wildman–Crippen MR) is 76.4 cm³/mol. The molecule has 0 saturated carbocycles. The molecule has 0 spiro atoms. The molecule has 8 heteroatoms. The molecule has 1 aromatic heterocycles. The van der Waals surface area contributed by atoms with Gasteiger partial charge >= 0.3 is 0 Å². The van der Waals surface area contributed by atoms with Gasteiger partial charge in [-0.2, -0.15) is 0 Å². The number of nitrogen functional groups attached to an aromatic ring is 1. The monoisotopic (exact) mass is 291 g/mol. The number of nitrogens with two attached hydrogens (primary N) is 1. The van der Waals surface area contributed by atoms with Crippen LogP contribution < -0.4 is 16.5 Å². The molecule has 2 rings (SSSR count). The van der Waals surface area contributed by atoms with Gasteiger partial charge in [0.1, 0.15) is 5.82 Å². The number of nitrogens with one attached hydrogen (secondary N) is 1. The molecule has 1 aliphatic heterocycles. The van der Waals surface area contributed by atoms with E-state index in [0.29, 0.717) is 16.4 Å². The van der Waals surface area contributed by atoms with E-state index in [-0.39, 0.29) is 12.4 Å². The lowest BCUT2D eigenvalue weighted by Gasteiger charge is -2.05. The Labute approximate surface area is 115 Å². The minimum Gasteiger partial charge on any atom is -0.385 e. The highest BCUT2D eigenvalue weighted by atomic mass is 35.5. The van der Waals surface area contributed by atoms with E-state index < -0.39 is 0 Å². The first kappa shape index (κ1) is 14.3. The molecule has 0 bridgehead atoms. The van der Waals surface area contributed by atoms with E-state index in [1.807, 2.05) is 11.5 Å². The summed E-state index contributed by atoms with van der Waals surface area (Å²) < 4.78 is 1.99. The Morgan fingerprint density at radius 1 is 1.76 bits per heavy atom. The first-order valence-electron chi connectivity index (χ1n) is 5.03. The van der Waals surface area contributed by atoms with E-state index in [1.165, 1.54) is 0 Å². The highest BCUT2D eigenvalue weighted by Gasteiger charge is 2.13. The van der Waals surface area contributed by atoms with Crippen LogP contribution in [0.5, 0.6) is 0 Å². The van der Waals surface area contributed by atoms with Gasteiger partial charge in [-0.15, -0.1) is 12.4 Å². The molecular formula is C9H14ClN5S2. The van der Waals surface area contributed by atoms with Crippen molar-refractivity contribution in [1.82, 2.24) is 14.9 Å². The van der Waals surface area contributed by atoms with Gasteiger partial charge in [-0.3, -0.25) is 0 Å². The molecule has 1 aliphatic rings. The molecular weight excluding hydrogens is 278 g/mol. The van der Waals surface area contributed by atoms with Crippen molar-refractivity contribution in [3.8, 4) is 0 Å². The number of nitrogens with zero attached hydrogens (tertiary/aromatic N) is 3. The third-order valence-electron chi connectivity index (χ3n) is 2.12. The fourth-order valence-electron chi connectivity index (χ4n) is 1.43. The van der Waals surface area contributed by atoms with Crippen LogP contribution in [0.4, 0.5) is 5.82 Å². The lowest BCUT2D eigenvalue weighted by atomic mass is 10.5. The molecule has 0 aliphatic carbocycles. The normalized spacial score (nSPS) is 14.1. The Balaban J connectivity index is 0.00000144. The van der Waals surface area contributed by atoms with Gasteiger partial charge < -0.3 is 15.6 Å². The Bertz CT molecular complexity index is 485. The molecule has 0 atom stereocenters. The van der Waals surface area contributed by atoms with Crippen molar-refractivity contribution in [1.29, 1.82) is 0 Å². The summed E-state index contributed by atoms with van der Waals surface area (Å²) in [5.41, 5.74) is 6.48. The van der Waals surface area contributed by atoms with Crippen LogP contribution in [0.25, 0.3) is 0 Å². The van der Waals surface area contributed by atoms with E-state index in [2.05, 4.69) is 15.3 Å². The van der Waals surface area contributed by atoms with Crippen LogP contribution in [0.1, 0.15) is 6.92 Å². The number of thioether (sulfide) groups is 1. The summed E-state index contributed by atoms with van der Waals surface area (Å²) >= 11 is 6.72. The molecule has 3 N–H and O–H groups in total. The van der Waals surface area contributed by atoms with Gasteiger partial charge in [-0.1, -0.05) is 11.8 Å². The second-order valence-electron chi connectivity index (χ2n) is 3.27. The Kier molecular flexibility index (Phi) is 5.23. The predicted octanol–water partition coefficient (Wildman–Crippen LogP) is 0.788. The second-order valence-corrected chi connectivity index (χ2v) is 4.72. The zero-order chi connectivity index (χ0) is 11.5. The summed E-state index contributed by atoms with van der Waals surface area (Å²) in [6.07, 6.45) is 0. The molecule has 5 nitrogen and oxygen atoms in total. The molecule has 1 aromatic rings. The second kappa shape index (κ2) is 6.23. The number of hydrogen-bond acceptors (Lipinski definition) is 4. The number of rotatable bonds is 1. The van der Waals surface area contributed by atoms with Crippen molar-refractivity contribution in [3.05, 3.63) is 11.6 Å². The maximum Gasteiger partial charge on any atom is 0.194 e. The first-order valence-corrected chi connectivity index (χ1v) is 6.43. The third-order valence-corrected chi connectivity index (χ3v) is 3.31. The fourth-order valence-corrected chi connectivity index (χ4v) is 2.63. The minimum atomic E-state index is 0. The molecule has 0 unspecified atom stereocenters. The van der Waals surface area contributed by atoms with Crippen LogP contribution in [0, 0.1) is 0 Å². The maximum absolute atomic E-state index is 5.91. The Hall–Kier alpha value is -0.790. The van der Waals surface area contributed by atoms with Gasteiger partial charge in [0.25, 0.3) is 0 Å². The summed E-state index contributed by atoms with van der Waals surface area (Å²) in [4.78, 5) is 8.58. The first-order chi connectivity index (χ1) is 7.70. The van der Waals surface area contributed by atoms with Crippen LogP contribution >= 0.6 is 36.4 Å². The number of aromatic nitrogens is 2. The van der Waals surface area contributed by atoms with E-state index in [1.54, 1.807) is 17.8 Å². The Morgan fingerprint density at radius 2 is 2.53 bits per heavy atom. The largest absolute Gasteiger partial charge is 0.385 e. The number of hydrogen-bond donors (Lipinski definition) is 2. The summed E-state index contributed by atoms with van der Waals surface area (Å²) in [6.45, 7) is 3.64. The van der Waals surface area contributed by atoms with E-state index >= 15 is 0 Å². The van der Waals surface area contributed by atoms with Crippen molar-refractivity contribution < 1.29 is 0 Å². The Morgan fingerprint density at radius 3 is 3.24 bits per heavy atom. The highest BCUT2D eigenvalue weighted by molar-refractivity contribution is 7.99. The molecule has 2 heterocycles. The quantitative estimate of drug-likeness (QED) is 0.591. The lowest BCUT2D eigenvalue weighted by molar-refractivity contribution is 0.683. The van der Waals surface area contributed by atoms with Crippen LogP contribution in [-0.4, -0.2) is 27.0 Å². The number of halogens is 1. The smallest absolute Gasteiger partial charge is 0.194 e. The standard InChI is InChI=1S/C9H13N5S2.ClH/c1-2-11-8(15)12-7-5-6(10)14-3-4-16-9(14)13-7;/h5H,2-4,10H2,1H3,(H,11,15);1H/b12-7+;. The van der Waals surface area contributed by atoms with E-state index in [0.717, 1.165) is 24.0 Å². The van der Waals surface area contributed by atoms with Crippen LogP contribution in [0.3, 0.4) is 0 Å². The molecule has 0 amide bonds. The lowest BCUT2D eigenvalue weighted by Crippen LogP contribution is -2.24. The van der Waals surface area contributed by atoms with Crippen molar-refractivity contribution in [2.24, 2.45) is 4.99 Å². The van der Waals surface area contributed by atoms with Gasteiger partial charge in [-0.25, -0.2) is 9.98 Å². The molecule has 94 valence electrons. The van der Waals surface area contributed by atoms with E-state index in [9.17, 15) is 0 Å². The van der Waals surface area contributed by atoms with Crippen LogP contribution in [-0.2, 0) is 6.54 Å². The van der Waals surface area contributed by atoms with Gasteiger partial charge in [0.15, 0.2) is 15.8 Å². The van der Waals surface area contributed by atoms with Gasteiger partial charge in [0.2, 0.25) is 0 Å². The van der Waals surface area contributed by atoms with Crippen molar-refractivity contribution >= 4 is 47.3 Å². The summed E-state index contributed by atoms with van der Waals surface area (Å²) in [6, 6.07) is 1.75. The van der Waals surface area contributed by atoms with Gasteiger partial charge in [0.05, 0.1) is 0 Å². The number of anilines is 1. The zero-order valence-corrected chi connectivity index (χ0v) is 11.8. The topological polar surface area (TPSA) is 68.2 Å². The number of thiocarbonyl (C=S) groups is 1. The summed E-state index contributed by atoms with van der Waals surface area (Å²) in [5, 5.41) is 4.31. The van der Waals surface area contributed by atoms with Crippen LogP contribution in [0.2, 0.25) is 0 Å². The fraction of sp³-hybridized carbons (Fsp3) is 0.444. The van der Waals surface area contributed by atoms with Crippen molar-refractivity contribution in [2.45, 2.75) is 18.6 Å². The highest BCUT2D eigenvalue weighted by Crippen LogP contribution is 2.23. The molecule has 0 radical (unpaired) electrons. The maximum atomic E-state index is 5.91. The van der Waals surface area contributed by atoms with Crippen LogP contribution in [0.15, 0.2) is 16.2 Å². The molecule has 0 fully saturated rings. The summed E-state index contributed by atoms with van der Waals surface area (Å²) in [7, 11) is 0. The molecule has 0 aromatic carbocycles. The average molecular weight is 292 g/mol. The zero-order valence-electron chi connectivity index (χ0n) is 9.34. The SMILES string of the molecule is CCNC(=S)/N=c1\cc(N)n2c(n1)SCC2.Cl.